The third-order valence-corrected chi connectivity index (χ3v) is 6.36. The molecule has 7 heteroatoms. The zero-order chi connectivity index (χ0) is 19.6. The van der Waals surface area contributed by atoms with Crippen LogP contribution in [0.1, 0.15) is 42.3 Å². The van der Waals surface area contributed by atoms with Crippen molar-refractivity contribution in [2.75, 3.05) is 13.6 Å². The lowest BCUT2D eigenvalue weighted by atomic mass is 9.96. The topological polar surface area (TPSA) is 54.2 Å². The maximum Gasteiger partial charge on any atom is 0.191 e. The normalized spacial score (nSPS) is 16.3. The van der Waals surface area contributed by atoms with Gasteiger partial charge < -0.3 is 10.6 Å². The zero-order valence-corrected chi connectivity index (χ0v) is 21.3. The fourth-order valence-corrected chi connectivity index (χ4v) is 4.44. The highest BCUT2D eigenvalue weighted by molar-refractivity contribution is 14.0. The molecule has 1 saturated carbocycles. The van der Waals surface area contributed by atoms with Crippen LogP contribution in [0.4, 0.5) is 0 Å². The molecule has 1 unspecified atom stereocenters. The number of hydrogen-bond acceptors (Lipinski definition) is 2. The predicted molar refractivity (Wildman–Crippen MR) is 131 cm³/mol. The third kappa shape index (κ3) is 5.09. The lowest BCUT2D eigenvalue weighted by molar-refractivity contribution is 0.606. The quantitative estimate of drug-likeness (QED) is 0.316. The highest BCUT2D eigenvalue weighted by atomic mass is 127. The Labute approximate surface area is 193 Å². The maximum atomic E-state index is 4.52. The third-order valence-electron chi connectivity index (χ3n) is 5.67. The summed E-state index contributed by atoms with van der Waals surface area (Å²) in [5, 5.41) is 11.6. The SMILES string of the molecule is CN=C(NCC1(c2ccccc2Br)CC1)NC(C)Cc1c(C)nn(C)c1C.I. The summed E-state index contributed by atoms with van der Waals surface area (Å²) in [6, 6.07) is 8.82. The summed E-state index contributed by atoms with van der Waals surface area (Å²) in [4.78, 5) is 4.43. The van der Waals surface area contributed by atoms with E-state index in [1.165, 1.54) is 34.1 Å². The van der Waals surface area contributed by atoms with Crippen LogP contribution >= 0.6 is 39.9 Å². The average molecular weight is 560 g/mol. The largest absolute Gasteiger partial charge is 0.356 e. The van der Waals surface area contributed by atoms with Crippen molar-refractivity contribution in [3.8, 4) is 0 Å². The second-order valence-electron chi connectivity index (χ2n) is 7.71. The van der Waals surface area contributed by atoms with Gasteiger partial charge in [0, 0.05) is 42.3 Å². The standard InChI is InChI=1S/C21H30BrN5.HI/c1-14(12-17-15(2)26-27(5)16(17)3)25-20(23-4)24-13-21(10-11-21)18-8-6-7-9-19(18)22;/h6-9,14H,10-13H2,1-5H3,(H2,23,24,25);1H. The van der Waals surface area contributed by atoms with Gasteiger partial charge in [0.2, 0.25) is 0 Å². The van der Waals surface area contributed by atoms with Crippen molar-refractivity contribution < 1.29 is 0 Å². The Bertz CT molecular complexity index is 841. The first-order valence-electron chi connectivity index (χ1n) is 9.57. The van der Waals surface area contributed by atoms with Gasteiger partial charge in [0.15, 0.2) is 5.96 Å². The van der Waals surface area contributed by atoms with E-state index >= 15 is 0 Å². The summed E-state index contributed by atoms with van der Waals surface area (Å²) >= 11 is 3.71. The number of guanidine groups is 1. The number of aromatic nitrogens is 2. The van der Waals surface area contributed by atoms with E-state index in [0.717, 1.165) is 24.6 Å². The molecule has 0 bridgehead atoms. The smallest absolute Gasteiger partial charge is 0.191 e. The molecule has 1 fully saturated rings. The molecule has 154 valence electrons. The van der Waals surface area contributed by atoms with E-state index < -0.39 is 0 Å². The molecule has 2 aromatic rings. The minimum Gasteiger partial charge on any atom is -0.356 e. The highest BCUT2D eigenvalue weighted by Crippen LogP contribution is 2.49. The molecule has 1 aromatic carbocycles. The van der Waals surface area contributed by atoms with Crippen molar-refractivity contribution in [2.24, 2.45) is 12.0 Å². The molecule has 1 atom stereocenters. The van der Waals surface area contributed by atoms with Crippen LogP contribution in [0.5, 0.6) is 0 Å². The van der Waals surface area contributed by atoms with E-state index in [1.807, 2.05) is 18.8 Å². The van der Waals surface area contributed by atoms with Crippen LogP contribution in [0, 0.1) is 13.8 Å². The molecule has 0 aliphatic heterocycles. The summed E-state index contributed by atoms with van der Waals surface area (Å²) in [6.07, 6.45) is 3.36. The van der Waals surface area contributed by atoms with Gasteiger partial charge in [0.05, 0.1) is 5.69 Å². The van der Waals surface area contributed by atoms with Gasteiger partial charge in [-0.1, -0.05) is 34.1 Å². The van der Waals surface area contributed by atoms with E-state index in [2.05, 4.69) is 81.7 Å². The summed E-state index contributed by atoms with van der Waals surface area (Å²) < 4.78 is 3.15. The monoisotopic (exact) mass is 559 g/mol. The predicted octanol–water partition coefficient (Wildman–Crippen LogP) is 4.25. The molecule has 5 nitrogen and oxygen atoms in total. The first-order valence-corrected chi connectivity index (χ1v) is 10.4. The van der Waals surface area contributed by atoms with Crippen molar-refractivity contribution in [3.05, 3.63) is 51.3 Å². The van der Waals surface area contributed by atoms with Gasteiger partial charge >= 0.3 is 0 Å². The summed E-state index contributed by atoms with van der Waals surface area (Å²) in [5.41, 5.74) is 5.27. The Morgan fingerprint density at radius 3 is 2.54 bits per heavy atom. The van der Waals surface area contributed by atoms with E-state index in [9.17, 15) is 0 Å². The number of halogens is 2. The zero-order valence-electron chi connectivity index (χ0n) is 17.3. The van der Waals surface area contributed by atoms with E-state index in [4.69, 9.17) is 0 Å². The Balaban J connectivity index is 0.00000280. The highest BCUT2D eigenvalue weighted by Gasteiger charge is 2.45. The van der Waals surface area contributed by atoms with Crippen molar-refractivity contribution >= 4 is 45.9 Å². The van der Waals surface area contributed by atoms with Crippen LogP contribution in [0.3, 0.4) is 0 Å². The summed E-state index contributed by atoms with van der Waals surface area (Å²) in [5.74, 6) is 0.861. The molecule has 2 N–H and O–H groups in total. The van der Waals surface area contributed by atoms with Crippen LogP contribution in [-0.4, -0.2) is 35.4 Å². The number of hydrogen-bond donors (Lipinski definition) is 2. The number of aliphatic imine (C=N–C) groups is 1. The van der Waals surface area contributed by atoms with Gasteiger partial charge in [-0.2, -0.15) is 5.10 Å². The number of aryl methyl sites for hydroxylation is 2. The first-order chi connectivity index (χ1) is 12.9. The molecular formula is C21H31BrIN5. The van der Waals surface area contributed by atoms with Gasteiger partial charge in [0.1, 0.15) is 0 Å². The Morgan fingerprint density at radius 1 is 1.32 bits per heavy atom. The van der Waals surface area contributed by atoms with E-state index in [1.54, 1.807) is 0 Å². The molecule has 28 heavy (non-hydrogen) atoms. The summed E-state index contributed by atoms with van der Waals surface area (Å²) in [6.45, 7) is 7.30. The number of nitrogens with one attached hydrogen (secondary N) is 2. The second-order valence-corrected chi connectivity index (χ2v) is 8.56. The Morgan fingerprint density at radius 2 is 2.00 bits per heavy atom. The molecule has 1 heterocycles. The number of rotatable bonds is 6. The van der Waals surface area contributed by atoms with E-state index in [-0.39, 0.29) is 35.4 Å². The molecule has 0 saturated heterocycles. The summed E-state index contributed by atoms with van der Waals surface area (Å²) in [7, 11) is 3.84. The lowest BCUT2D eigenvalue weighted by Gasteiger charge is -2.22. The van der Waals surface area contributed by atoms with Crippen molar-refractivity contribution in [2.45, 2.75) is 51.5 Å². The van der Waals surface area contributed by atoms with E-state index in [0.29, 0.717) is 0 Å². The minimum atomic E-state index is 0. The van der Waals surface area contributed by atoms with Crippen molar-refractivity contribution in [3.63, 3.8) is 0 Å². The first kappa shape index (κ1) is 23.2. The Hall–Kier alpha value is -1.09. The molecule has 0 spiro atoms. The van der Waals surface area contributed by atoms with Gasteiger partial charge in [-0.3, -0.25) is 9.67 Å². The van der Waals surface area contributed by atoms with Gasteiger partial charge in [-0.25, -0.2) is 0 Å². The molecule has 1 aliphatic rings. The molecule has 3 rings (SSSR count). The van der Waals surface area contributed by atoms with Crippen LogP contribution in [0.2, 0.25) is 0 Å². The number of nitrogens with zero attached hydrogens (tertiary/aromatic N) is 3. The second kappa shape index (κ2) is 9.61. The fraction of sp³-hybridized carbons (Fsp3) is 0.524. The number of benzene rings is 1. The van der Waals surface area contributed by atoms with Crippen LogP contribution in [0.25, 0.3) is 0 Å². The minimum absolute atomic E-state index is 0. The Kier molecular flexibility index (Phi) is 7.96. The molecular weight excluding hydrogens is 529 g/mol. The lowest BCUT2D eigenvalue weighted by Crippen LogP contribution is -2.45. The van der Waals surface area contributed by atoms with Crippen LogP contribution in [-0.2, 0) is 18.9 Å². The van der Waals surface area contributed by atoms with Gasteiger partial charge in [-0.15, -0.1) is 24.0 Å². The fourth-order valence-electron chi connectivity index (χ4n) is 3.73. The molecule has 0 radical (unpaired) electrons. The van der Waals surface area contributed by atoms with Crippen molar-refractivity contribution in [1.29, 1.82) is 0 Å². The van der Waals surface area contributed by atoms with Crippen LogP contribution in [0.15, 0.2) is 33.7 Å². The van der Waals surface area contributed by atoms with Crippen molar-refractivity contribution in [1.82, 2.24) is 20.4 Å². The molecule has 1 aromatic heterocycles. The van der Waals surface area contributed by atoms with Crippen LogP contribution < -0.4 is 10.6 Å². The maximum absolute atomic E-state index is 4.52. The average Bonchev–Trinajstić information content (AvgIpc) is 3.39. The molecule has 0 amide bonds. The van der Waals surface area contributed by atoms with Gasteiger partial charge in [-0.05, 0) is 57.2 Å². The molecule has 1 aliphatic carbocycles. The van der Waals surface area contributed by atoms with Gasteiger partial charge in [0.25, 0.3) is 0 Å².